The topological polar surface area (TPSA) is 38.9 Å². The Hall–Kier alpha value is -1.66. The molecule has 0 bridgehead atoms. The van der Waals surface area contributed by atoms with Crippen LogP contribution in [0, 0.1) is 5.82 Å². The number of alkyl halides is 3. The average Bonchev–Trinajstić information content (AvgIpc) is 3.15. The fourth-order valence-corrected chi connectivity index (χ4v) is 2.33. The molecule has 2 atom stereocenters. The number of nitrogens with zero attached hydrogens (tertiary/aromatic N) is 1. The lowest BCUT2D eigenvalue weighted by atomic mass is 10.0. The van der Waals surface area contributed by atoms with Crippen molar-refractivity contribution in [3.63, 3.8) is 0 Å². The predicted molar refractivity (Wildman–Crippen MR) is 77.2 cm³/mol. The van der Waals surface area contributed by atoms with E-state index in [4.69, 9.17) is 5.73 Å². The Kier molecular flexibility index (Phi) is 4.44. The molecule has 1 aliphatic carbocycles. The largest absolute Gasteiger partial charge is 0.419 e. The van der Waals surface area contributed by atoms with Crippen molar-refractivity contribution in [3.05, 3.63) is 53.5 Å². The summed E-state index contributed by atoms with van der Waals surface area (Å²) in [5.74, 6) is -1.05. The highest BCUT2D eigenvalue weighted by molar-refractivity contribution is 5.85. The first-order valence-corrected chi connectivity index (χ1v) is 6.45. The van der Waals surface area contributed by atoms with E-state index in [2.05, 4.69) is 4.98 Å². The molecule has 0 saturated heterocycles. The van der Waals surface area contributed by atoms with Gasteiger partial charge >= 0.3 is 6.18 Å². The third-order valence-corrected chi connectivity index (χ3v) is 3.63. The van der Waals surface area contributed by atoms with Crippen LogP contribution < -0.4 is 5.73 Å². The number of aromatic nitrogens is 1. The van der Waals surface area contributed by atoms with Crippen LogP contribution in [-0.4, -0.2) is 11.0 Å². The molecule has 1 aromatic carbocycles. The molecule has 0 spiro atoms. The van der Waals surface area contributed by atoms with Gasteiger partial charge in [0.2, 0.25) is 0 Å². The molecule has 22 heavy (non-hydrogen) atoms. The molecule has 1 heterocycles. The summed E-state index contributed by atoms with van der Waals surface area (Å²) in [6.07, 6.45) is -2.30. The van der Waals surface area contributed by atoms with E-state index < -0.39 is 17.6 Å². The van der Waals surface area contributed by atoms with E-state index in [-0.39, 0.29) is 35.6 Å². The summed E-state index contributed by atoms with van der Waals surface area (Å²) in [6.45, 7) is 0. The Morgan fingerprint density at radius 2 is 1.82 bits per heavy atom. The molecular weight excluding hydrogens is 320 g/mol. The molecule has 0 amide bonds. The number of nitrogens with two attached hydrogens (primary N) is 1. The Labute approximate surface area is 130 Å². The van der Waals surface area contributed by atoms with Gasteiger partial charge in [-0.15, -0.1) is 12.4 Å². The van der Waals surface area contributed by atoms with Gasteiger partial charge in [0.1, 0.15) is 5.82 Å². The third-order valence-electron chi connectivity index (χ3n) is 3.63. The van der Waals surface area contributed by atoms with Gasteiger partial charge in [0.25, 0.3) is 0 Å². The van der Waals surface area contributed by atoms with Crippen LogP contribution in [0.3, 0.4) is 0 Å². The minimum atomic E-state index is -4.72. The number of pyridine rings is 1. The van der Waals surface area contributed by atoms with E-state index in [1.165, 1.54) is 18.2 Å². The lowest BCUT2D eigenvalue weighted by Crippen LogP contribution is -2.09. The van der Waals surface area contributed by atoms with Crippen molar-refractivity contribution in [2.45, 2.75) is 24.6 Å². The first-order valence-electron chi connectivity index (χ1n) is 6.45. The van der Waals surface area contributed by atoms with Gasteiger partial charge in [0.15, 0.2) is 0 Å². The third kappa shape index (κ3) is 3.08. The second-order valence-electron chi connectivity index (χ2n) is 5.15. The number of hydrogen-bond acceptors (Lipinski definition) is 2. The zero-order valence-corrected chi connectivity index (χ0v) is 12.1. The Balaban J connectivity index is 0.00000176. The highest BCUT2D eigenvalue weighted by Crippen LogP contribution is 2.39. The lowest BCUT2D eigenvalue weighted by Gasteiger charge is -2.11. The number of halogens is 5. The van der Waals surface area contributed by atoms with Gasteiger partial charge in [-0.2, -0.15) is 13.2 Å². The molecule has 1 aromatic heterocycles. The summed E-state index contributed by atoms with van der Waals surface area (Å²) in [6, 6.07) is 6.56. The second-order valence-corrected chi connectivity index (χ2v) is 5.15. The normalized spacial score (nSPS) is 20.4. The fraction of sp³-hybridized carbons (Fsp3) is 0.267. The van der Waals surface area contributed by atoms with E-state index in [0.29, 0.717) is 0 Å². The van der Waals surface area contributed by atoms with Crippen LogP contribution in [-0.2, 0) is 6.18 Å². The van der Waals surface area contributed by atoms with Gasteiger partial charge in [-0.1, -0.05) is 12.1 Å². The standard InChI is InChI=1S/C15H12F4N2.ClH/c16-14-9(2-1-3-11(14)15(17,18)19)13-5-4-8(7-21-13)10-6-12(10)20;/h1-5,7,10,12H,6,20H2;1H/t10-,12+;/m0./s1. The van der Waals surface area contributed by atoms with Gasteiger partial charge in [0, 0.05) is 23.7 Å². The second kappa shape index (κ2) is 5.85. The quantitative estimate of drug-likeness (QED) is 0.839. The maximum atomic E-state index is 14.0. The van der Waals surface area contributed by atoms with E-state index in [1.807, 2.05) is 0 Å². The van der Waals surface area contributed by atoms with E-state index in [0.717, 1.165) is 18.1 Å². The maximum absolute atomic E-state index is 14.0. The monoisotopic (exact) mass is 332 g/mol. The van der Waals surface area contributed by atoms with Crippen molar-refractivity contribution in [1.82, 2.24) is 4.98 Å². The van der Waals surface area contributed by atoms with Crippen LogP contribution in [0.25, 0.3) is 11.3 Å². The summed E-state index contributed by atoms with van der Waals surface area (Å²) in [4.78, 5) is 4.07. The Morgan fingerprint density at radius 1 is 1.14 bits per heavy atom. The van der Waals surface area contributed by atoms with Crippen molar-refractivity contribution in [2.24, 2.45) is 5.73 Å². The maximum Gasteiger partial charge on any atom is 0.419 e. The first-order chi connectivity index (χ1) is 9.88. The molecule has 1 aliphatic rings. The molecule has 0 aliphatic heterocycles. The zero-order valence-electron chi connectivity index (χ0n) is 11.3. The van der Waals surface area contributed by atoms with Crippen molar-refractivity contribution >= 4 is 12.4 Å². The van der Waals surface area contributed by atoms with E-state index >= 15 is 0 Å². The van der Waals surface area contributed by atoms with Gasteiger partial charge in [-0.25, -0.2) is 4.39 Å². The number of benzene rings is 1. The molecule has 2 aromatic rings. The number of hydrogen-bond donors (Lipinski definition) is 1. The van der Waals surface area contributed by atoms with Crippen molar-refractivity contribution in [1.29, 1.82) is 0 Å². The Bertz CT molecular complexity index is 670. The Morgan fingerprint density at radius 3 is 2.32 bits per heavy atom. The molecule has 2 nitrogen and oxygen atoms in total. The van der Waals surface area contributed by atoms with Crippen molar-refractivity contribution in [2.75, 3.05) is 0 Å². The summed E-state index contributed by atoms with van der Waals surface area (Å²) >= 11 is 0. The summed E-state index contributed by atoms with van der Waals surface area (Å²) in [5.41, 5.74) is 5.40. The highest BCUT2D eigenvalue weighted by atomic mass is 35.5. The zero-order chi connectivity index (χ0) is 15.2. The van der Waals surface area contributed by atoms with Crippen LogP contribution in [0.1, 0.15) is 23.5 Å². The van der Waals surface area contributed by atoms with Gasteiger partial charge in [-0.05, 0) is 30.2 Å². The highest BCUT2D eigenvalue weighted by Gasteiger charge is 2.36. The first kappa shape index (κ1) is 16.7. The van der Waals surface area contributed by atoms with Gasteiger partial charge in [-0.3, -0.25) is 4.98 Å². The molecular formula is C15H13ClF4N2. The van der Waals surface area contributed by atoms with Crippen LogP contribution >= 0.6 is 12.4 Å². The molecule has 7 heteroatoms. The smallest absolute Gasteiger partial charge is 0.327 e. The van der Waals surface area contributed by atoms with Crippen molar-refractivity contribution in [3.8, 4) is 11.3 Å². The molecule has 0 unspecified atom stereocenters. The van der Waals surface area contributed by atoms with Gasteiger partial charge in [0.05, 0.1) is 11.3 Å². The van der Waals surface area contributed by atoms with Crippen LogP contribution in [0.15, 0.2) is 36.5 Å². The number of rotatable bonds is 2. The summed E-state index contributed by atoms with van der Waals surface area (Å²) < 4.78 is 52.1. The fourth-order valence-electron chi connectivity index (χ4n) is 2.33. The van der Waals surface area contributed by atoms with Crippen molar-refractivity contribution < 1.29 is 17.6 Å². The summed E-state index contributed by atoms with van der Waals surface area (Å²) in [5, 5.41) is 0. The molecule has 118 valence electrons. The minimum Gasteiger partial charge on any atom is -0.327 e. The van der Waals surface area contributed by atoms with E-state index in [1.54, 1.807) is 12.3 Å². The molecule has 3 rings (SSSR count). The average molecular weight is 333 g/mol. The van der Waals surface area contributed by atoms with Crippen LogP contribution in [0.4, 0.5) is 17.6 Å². The molecule has 1 saturated carbocycles. The molecule has 1 fully saturated rings. The minimum absolute atomic E-state index is 0. The lowest BCUT2D eigenvalue weighted by molar-refractivity contribution is -0.139. The van der Waals surface area contributed by atoms with Gasteiger partial charge < -0.3 is 5.73 Å². The predicted octanol–water partition coefficient (Wildman–Crippen LogP) is 4.14. The molecule has 0 radical (unpaired) electrons. The van der Waals surface area contributed by atoms with Crippen LogP contribution in [0.2, 0.25) is 0 Å². The van der Waals surface area contributed by atoms with Crippen LogP contribution in [0.5, 0.6) is 0 Å². The summed E-state index contributed by atoms with van der Waals surface area (Å²) in [7, 11) is 0. The van der Waals surface area contributed by atoms with E-state index in [9.17, 15) is 17.6 Å². The molecule has 2 N–H and O–H groups in total. The SMILES string of the molecule is Cl.N[C@@H]1C[C@H]1c1ccc(-c2cccc(C(F)(F)F)c2F)nc1.